The number of aryl methyl sites for hydroxylation is 1. The smallest absolute Gasteiger partial charge is 0.255 e. The Morgan fingerprint density at radius 3 is 2.41 bits per heavy atom. The number of carbonyl (C=O) groups excluding carboxylic acids is 2. The lowest BCUT2D eigenvalue weighted by molar-refractivity contribution is -0.125. The number of carbonyl (C=O) groups is 2. The van der Waals surface area contributed by atoms with E-state index in [4.69, 9.17) is 0 Å². The van der Waals surface area contributed by atoms with Crippen molar-refractivity contribution in [3.05, 3.63) is 17.5 Å². The highest BCUT2D eigenvalue weighted by Crippen LogP contribution is 2.13. The van der Waals surface area contributed by atoms with E-state index in [9.17, 15) is 9.59 Å². The Hall–Kier alpha value is -1.65. The van der Waals surface area contributed by atoms with Crippen molar-refractivity contribution in [2.24, 2.45) is 12.5 Å². The molecule has 0 aromatic carbocycles. The zero-order chi connectivity index (χ0) is 13.2. The third-order valence-electron chi connectivity index (χ3n) is 2.73. The van der Waals surface area contributed by atoms with Crippen LogP contribution in [0.25, 0.3) is 0 Å². The van der Waals surface area contributed by atoms with E-state index in [1.165, 1.54) is 6.20 Å². The molecule has 0 aliphatic heterocycles. The molecule has 0 unspecified atom stereocenters. The normalized spacial score (nSPS) is 11.4. The minimum Gasteiger partial charge on any atom is -0.345 e. The quantitative estimate of drug-likeness (QED) is 0.855. The zero-order valence-corrected chi connectivity index (χ0v) is 11.0. The van der Waals surface area contributed by atoms with Gasteiger partial charge >= 0.3 is 0 Å². The molecule has 0 bridgehead atoms. The second-order valence-electron chi connectivity index (χ2n) is 5.12. The molecule has 17 heavy (non-hydrogen) atoms. The van der Waals surface area contributed by atoms with Gasteiger partial charge in [-0.1, -0.05) is 20.8 Å². The predicted octanol–water partition coefficient (Wildman–Crippen LogP) is 1.07. The van der Waals surface area contributed by atoms with Crippen molar-refractivity contribution in [2.75, 3.05) is 6.54 Å². The fourth-order valence-electron chi connectivity index (χ4n) is 1.24. The third kappa shape index (κ3) is 3.15. The Kier molecular flexibility index (Phi) is 3.70. The lowest BCUT2D eigenvalue weighted by Crippen LogP contribution is -2.35. The molecule has 0 spiro atoms. The minimum absolute atomic E-state index is 0.00685. The van der Waals surface area contributed by atoms with Crippen LogP contribution in [0.15, 0.2) is 6.20 Å². The summed E-state index contributed by atoms with van der Waals surface area (Å²) in [4.78, 5) is 23.4. The van der Waals surface area contributed by atoms with E-state index in [0.717, 1.165) is 5.69 Å². The van der Waals surface area contributed by atoms with Gasteiger partial charge in [0.15, 0.2) is 5.78 Å². The van der Waals surface area contributed by atoms with Crippen molar-refractivity contribution >= 4 is 11.7 Å². The average molecular weight is 237 g/mol. The summed E-state index contributed by atoms with van der Waals surface area (Å²) in [6.45, 7) is 7.36. The van der Waals surface area contributed by atoms with Crippen LogP contribution < -0.4 is 5.32 Å². The maximum Gasteiger partial charge on any atom is 0.255 e. The molecule has 0 fully saturated rings. The number of nitrogens with zero attached hydrogens (tertiary/aromatic N) is 2. The first-order valence-electron chi connectivity index (χ1n) is 5.53. The van der Waals surface area contributed by atoms with Gasteiger partial charge in [-0.05, 0) is 6.92 Å². The van der Waals surface area contributed by atoms with E-state index in [2.05, 4.69) is 10.4 Å². The van der Waals surface area contributed by atoms with E-state index in [1.807, 2.05) is 27.7 Å². The Morgan fingerprint density at radius 2 is 2.00 bits per heavy atom. The molecule has 0 saturated heterocycles. The third-order valence-corrected chi connectivity index (χ3v) is 2.73. The average Bonchev–Trinajstić information content (AvgIpc) is 2.54. The molecular formula is C12H19N3O2. The maximum atomic E-state index is 11.8. The van der Waals surface area contributed by atoms with Gasteiger partial charge in [0.2, 0.25) is 0 Å². The first-order valence-corrected chi connectivity index (χ1v) is 5.53. The monoisotopic (exact) mass is 237 g/mol. The molecule has 5 heteroatoms. The zero-order valence-electron chi connectivity index (χ0n) is 11.0. The van der Waals surface area contributed by atoms with Crippen molar-refractivity contribution in [1.29, 1.82) is 0 Å². The topological polar surface area (TPSA) is 64.0 Å². The highest BCUT2D eigenvalue weighted by molar-refractivity contribution is 5.98. The SMILES string of the molecule is Cc1c(C(=O)NCC(=O)C(C)(C)C)cnn1C. The summed E-state index contributed by atoms with van der Waals surface area (Å²) in [6, 6.07) is 0. The van der Waals surface area contributed by atoms with E-state index >= 15 is 0 Å². The molecule has 1 aromatic rings. The fourth-order valence-corrected chi connectivity index (χ4v) is 1.24. The summed E-state index contributed by atoms with van der Waals surface area (Å²) >= 11 is 0. The van der Waals surface area contributed by atoms with Gasteiger partial charge in [0.05, 0.1) is 18.3 Å². The molecule has 5 nitrogen and oxygen atoms in total. The van der Waals surface area contributed by atoms with Gasteiger partial charge in [0, 0.05) is 18.2 Å². The lowest BCUT2D eigenvalue weighted by Gasteiger charge is -2.16. The van der Waals surface area contributed by atoms with E-state index < -0.39 is 5.41 Å². The number of hydrogen-bond acceptors (Lipinski definition) is 3. The van der Waals surface area contributed by atoms with Crippen molar-refractivity contribution in [3.8, 4) is 0 Å². The van der Waals surface area contributed by atoms with Crippen molar-refractivity contribution in [1.82, 2.24) is 15.1 Å². The molecule has 1 N–H and O–H groups in total. The molecule has 1 heterocycles. The molecule has 0 aliphatic rings. The molecule has 94 valence electrons. The maximum absolute atomic E-state index is 11.8. The first-order chi connectivity index (χ1) is 7.73. The Labute approximate surface area is 101 Å². The molecule has 1 amide bonds. The summed E-state index contributed by atoms with van der Waals surface area (Å²) in [7, 11) is 1.77. The highest BCUT2D eigenvalue weighted by atomic mass is 16.2. The fraction of sp³-hybridized carbons (Fsp3) is 0.583. The summed E-state index contributed by atoms with van der Waals surface area (Å²) < 4.78 is 1.63. The summed E-state index contributed by atoms with van der Waals surface area (Å²) in [5.74, 6) is -0.249. The molecular weight excluding hydrogens is 218 g/mol. The van der Waals surface area contributed by atoms with Gasteiger partial charge in [0.25, 0.3) is 5.91 Å². The number of rotatable bonds is 3. The number of hydrogen-bond donors (Lipinski definition) is 1. The van der Waals surface area contributed by atoms with Crippen molar-refractivity contribution in [3.63, 3.8) is 0 Å². The molecule has 0 saturated carbocycles. The summed E-state index contributed by atoms with van der Waals surface area (Å²) in [5, 5.41) is 6.60. The van der Waals surface area contributed by atoms with Crippen LogP contribution in [0.3, 0.4) is 0 Å². The predicted molar refractivity (Wildman–Crippen MR) is 64.7 cm³/mol. The van der Waals surface area contributed by atoms with E-state index in [1.54, 1.807) is 11.7 Å². The van der Waals surface area contributed by atoms with Crippen LogP contribution in [0, 0.1) is 12.3 Å². The molecule has 0 aliphatic carbocycles. The van der Waals surface area contributed by atoms with Crippen molar-refractivity contribution < 1.29 is 9.59 Å². The minimum atomic E-state index is -0.433. The lowest BCUT2D eigenvalue weighted by atomic mass is 9.91. The standard InChI is InChI=1S/C12H19N3O2/c1-8-9(6-14-15(8)5)11(17)13-7-10(16)12(2,3)4/h6H,7H2,1-5H3,(H,13,17). The highest BCUT2D eigenvalue weighted by Gasteiger charge is 2.22. The second-order valence-corrected chi connectivity index (χ2v) is 5.12. The Balaban J connectivity index is 2.63. The van der Waals surface area contributed by atoms with Gasteiger partial charge in [-0.15, -0.1) is 0 Å². The molecule has 0 atom stereocenters. The van der Waals surface area contributed by atoms with E-state index in [-0.39, 0.29) is 18.2 Å². The first kappa shape index (κ1) is 13.4. The molecule has 1 aromatic heterocycles. The van der Waals surface area contributed by atoms with Gasteiger partial charge in [-0.25, -0.2) is 0 Å². The van der Waals surface area contributed by atoms with Crippen LogP contribution in [0.1, 0.15) is 36.8 Å². The largest absolute Gasteiger partial charge is 0.345 e. The number of Topliss-reactive ketones (excluding diaryl/α,β-unsaturated/α-hetero) is 1. The number of amides is 1. The summed E-state index contributed by atoms with van der Waals surface area (Å²) in [6.07, 6.45) is 1.51. The number of nitrogens with one attached hydrogen (secondary N) is 1. The van der Waals surface area contributed by atoms with Crippen molar-refractivity contribution in [2.45, 2.75) is 27.7 Å². The van der Waals surface area contributed by atoms with Crippen LogP contribution in [0.4, 0.5) is 0 Å². The van der Waals surface area contributed by atoms with E-state index in [0.29, 0.717) is 5.56 Å². The van der Waals surface area contributed by atoms with Crippen LogP contribution in [0.2, 0.25) is 0 Å². The van der Waals surface area contributed by atoms with Gasteiger partial charge in [-0.2, -0.15) is 5.10 Å². The summed E-state index contributed by atoms with van der Waals surface area (Å²) in [5.41, 5.74) is 0.858. The Bertz CT molecular complexity index is 441. The van der Waals surface area contributed by atoms with Crippen LogP contribution in [0.5, 0.6) is 0 Å². The number of ketones is 1. The van der Waals surface area contributed by atoms with Gasteiger partial charge in [-0.3, -0.25) is 14.3 Å². The van der Waals surface area contributed by atoms with Crippen LogP contribution in [-0.2, 0) is 11.8 Å². The molecule has 0 radical (unpaired) electrons. The molecule has 1 rings (SSSR count). The van der Waals surface area contributed by atoms with Gasteiger partial charge in [0.1, 0.15) is 0 Å². The van der Waals surface area contributed by atoms with Crippen LogP contribution >= 0.6 is 0 Å². The second kappa shape index (κ2) is 4.69. The van der Waals surface area contributed by atoms with Crippen LogP contribution in [-0.4, -0.2) is 28.0 Å². The number of aromatic nitrogens is 2. The Morgan fingerprint density at radius 1 is 1.41 bits per heavy atom. The van der Waals surface area contributed by atoms with Gasteiger partial charge < -0.3 is 5.32 Å².